The van der Waals surface area contributed by atoms with Crippen molar-refractivity contribution in [2.75, 3.05) is 43.7 Å². The van der Waals surface area contributed by atoms with Crippen molar-refractivity contribution in [3.05, 3.63) is 60.2 Å². The van der Waals surface area contributed by atoms with Crippen molar-refractivity contribution in [1.82, 2.24) is 4.90 Å². The Morgan fingerprint density at radius 2 is 1.79 bits per heavy atom. The number of hydrogen-bond donors (Lipinski definition) is 1. The van der Waals surface area contributed by atoms with Gasteiger partial charge in [-0.25, -0.2) is 8.42 Å². The second-order valence-electron chi connectivity index (χ2n) is 7.83. The highest BCUT2D eigenvalue weighted by Crippen LogP contribution is 2.22. The number of nitrogens with zero attached hydrogens (tertiary/aromatic N) is 2. The second kappa shape index (κ2) is 9.61. The minimum Gasteiger partial charge on any atom is -0.491 e. The average molecular weight is 419 g/mol. The maximum Gasteiger partial charge on any atom is 0.151 e. The highest BCUT2D eigenvalue weighted by molar-refractivity contribution is 7.91. The predicted molar refractivity (Wildman–Crippen MR) is 116 cm³/mol. The fourth-order valence-electron chi connectivity index (χ4n) is 3.57. The first-order valence-corrected chi connectivity index (χ1v) is 11.7. The lowest BCUT2D eigenvalue weighted by molar-refractivity contribution is 0.0525. The molecule has 0 bridgehead atoms. The molecule has 0 radical (unpaired) electrons. The van der Waals surface area contributed by atoms with Crippen LogP contribution in [0.25, 0.3) is 0 Å². The molecule has 1 saturated heterocycles. The van der Waals surface area contributed by atoms with E-state index in [-0.39, 0.29) is 24.2 Å². The fourth-order valence-corrected chi connectivity index (χ4v) is 5.33. The number of ether oxygens (including phenoxy) is 1. The Hall–Kier alpha value is -2.09. The summed E-state index contributed by atoms with van der Waals surface area (Å²) in [7, 11) is 0.985. The van der Waals surface area contributed by atoms with Crippen LogP contribution < -0.4 is 9.64 Å². The molecule has 158 valence electrons. The Bertz CT molecular complexity index is 869. The number of benzene rings is 2. The molecule has 0 aliphatic carbocycles. The number of aliphatic hydroxyl groups excluding tert-OH is 1. The van der Waals surface area contributed by atoms with E-state index in [2.05, 4.69) is 17.0 Å². The molecule has 3 rings (SSSR count). The summed E-state index contributed by atoms with van der Waals surface area (Å²) in [6.07, 6.45) is -0.107. The first-order chi connectivity index (χ1) is 13.8. The third-order valence-electron chi connectivity index (χ3n) is 5.19. The number of rotatable bonds is 9. The van der Waals surface area contributed by atoms with Gasteiger partial charge < -0.3 is 14.7 Å². The monoisotopic (exact) mass is 418 g/mol. The van der Waals surface area contributed by atoms with Crippen LogP contribution in [0.5, 0.6) is 5.75 Å². The van der Waals surface area contributed by atoms with E-state index in [9.17, 15) is 13.5 Å². The van der Waals surface area contributed by atoms with Crippen LogP contribution >= 0.6 is 0 Å². The molecule has 0 spiro atoms. The molecule has 7 heteroatoms. The maximum atomic E-state index is 12.0. The molecule has 29 heavy (non-hydrogen) atoms. The molecule has 0 aromatic heterocycles. The molecule has 1 N–H and O–H groups in total. The van der Waals surface area contributed by atoms with E-state index >= 15 is 0 Å². The largest absolute Gasteiger partial charge is 0.491 e. The summed E-state index contributed by atoms with van der Waals surface area (Å²) in [6.45, 7) is 1.12. The van der Waals surface area contributed by atoms with Crippen LogP contribution in [-0.4, -0.2) is 69.3 Å². The number of para-hydroxylation sites is 1. The van der Waals surface area contributed by atoms with Crippen molar-refractivity contribution >= 4 is 15.5 Å². The Morgan fingerprint density at radius 1 is 1.10 bits per heavy atom. The fraction of sp³-hybridized carbons (Fsp3) is 0.455. The van der Waals surface area contributed by atoms with E-state index in [0.29, 0.717) is 25.3 Å². The van der Waals surface area contributed by atoms with Gasteiger partial charge in [0.2, 0.25) is 0 Å². The number of aliphatic hydroxyl groups is 1. The molecule has 1 fully saturated rings. The molecule has 0 saturated carbocycles. The molecule has 2 atom stereocenters. The van der Waals surface area contributed by atoms with Crippen molar-refractivity contribution < 1.29 is 18.3 Å². The minimum absolute atomic E-state index is 0.0834. The zero-order chi connectivity index (χ0) is 20.9. The van der Waals surface area contributed by atoms with Gasteiger partial charge in [-0.05, 0) is 36.2 Å². The number of hydrogen-bond acceptors (Lipinski definition) is 6. The average Bonchev–Trinajstić information content (AvgIpc) is 3.07. The quantitative estimate of drug-likeness (QED) is 0.673. The summed E-state index contributed by atoms with van der Waals surface area (Å²) >= 11 is 0. The molecule has 1 aliphatic rings. The molecular weight excluding hydrogens is 388 g/mol. The third-order valence-corrected chi connectivity index (χ3v) is 6.94. The molecule has 0 amide bonds. The van der Waals surface area contributed by atoms with Crippen LogP contribution in [-0.2, 0) is 16.4 Å². The van der Waals surface area contributed by atoms with Crippen LogP contribution in [0.3, 0.4) is 0 Å². The van der Waals surface area contributed by atoms with Gasteiger partial charge in [0.25, 0.3) is 0 Å². The first kappa shape index (κ1) is 21.6. The van der Waals surface area contributed by atoms with Crippen LogP contribution in [0.15, 0.2) is 54.6 Å². The third kappa shape index (κ3) is 6.45. The van der Waals surface area contributed by atoms with E-state index in [1.54, 1.807) is 0 Å². The molecule has 1 heterocycles. The van der Waals surface area contributed by atoms with Crippen LogP contribution in [0.1, 0.15) is 12.0 Å². The van der Waals surface area contributed by atoms with Crippen LogP contribution in [0, 0.1) is 0 Å². The van der Waals surface area contributed by atoms with E-state index in [4.69, 9.17) is 4.74 Å². The van der Waals surface area contributed by atoms with Crippen molar-refractivity contribution in [3.63, 3.8) is 0 Å². The molecule has 2 unspecified atom stereocenters. The Morgan fingerprint density at radius 3 is 2.38 bits per heavy atom. The summed E-state index contributed by atoms with van der Waals surface area (Å²) in [5, 5.41) is 10.5. The molecule has 6 nitrogen and oxygen atoms in total. The van der Waals surface area contributed by atoms with Gasteiger partial charge in [0, 0.05) is 38.9 Å². The molecule has 2 aromatic carbocycles. The highest BCUT2D eigenvalue weighted by Gasteiger charge is 2.33. The number of anilines is 1. The van der Waals surface area contributed by atoms with Gasteiger partial charge in [0.15, 0.2) is 9.84 Å². The van der Waals surface area contributed by atoms with Crippen molar-refractivity contribution in [3.8, 4) is 5.75 Å². The Kier molecular flexibility index (Phi) is 7.16. The van der Waals surface area contributed by atoms with Gasteiger partial charge in [0.05, 0.1) is 11.5 Å². The Labute approximate surface area is 173 Å². The lowest BCUT2D eigenvalue weighted by Gasteiger charge is -2.30. The van der Waals surface area contributed by atoms with Crippen LogP contribution in [0.2, 0.25) is 0 Å². The van der Waals surface area contributed by atoms with E-state index in [1.807, 2.05) is 61.5 Å². The zero-order valence-corrected chi connectivity index (χ0v) is 17.9. The normalized spacial score (nSPS) is 19.2. The number of sulfone groups is 1. The van der Waals surface area contributed by atoms with Crippen molar-refractivity contribution in [2.45, 2.75) is 25.1 Å². The summed E-state index contributed by atoms with van der Waals surface area (Å²) in [5.74, 6) is 1.07. The first-order valence-electron chi connectivity index (χ1n) is 9.89. The molecular formula is C22H30N2O4S. The van der Waals surface area contributed by atoms with Gasteiger partial charge in [0.1, 0.15) is 18.5 Å². The zero-order valence-electron chi connectivity index (χ0n) is 17.1. The van der Waals surface area contributed by atoms with Crippen molar-refractivity contribution in [1.29, 1.82) is 0 Å². The summed E-state index contributed by atoms with van der Waals surface area (Å²) in [6, 6.07) is 17.5. The summed E-state index contributed by atoms with van der Waals surface area (Å²) < 4.78 is 29.7. The Balaban J connectivity index is 1.65. The lowest BCUT2D eigenvalue weighted by atomic mass is 10.1. The highest BCUT2D eigenvalue weighted by atomic mass is 32.2. The van der Waals surface area contributed by atoms with Gasteiger partial charge in [-0.2, -0.15) is 0 Å². The van der Waals surface area contributed by atoms with E-state index in [1.165, 1.54) is 0 Å². The van der Waals surface area contributed by atoms with E-state index < -0.39 is 15.9 Å². The summed E-state index contributed by atoms with van der Waals surface area (Å²) in [4.78, 5) is 4.12. The topological polar surface area (TPSA) is 70.1 Å². The van der Waals surface area contributed by atoms with Gasteiger partial charge >= 0.3 is 0 Å². The standard InChI is InChI=1S/C22H30N2O4S/c1-23(2)19-10-8-18(9-11-19)14-24(20-12-13-29(26,27)17-20)15-21(25)16-28-22-6-4-3-5-7-22/h3-11,20-21,25H,12-17H2,1-2H3. The van der Waals surface area contributed by atoms with Crippen LogP contribution in [0.4, 0.5) is 5.69 Å². The lowest BCUT2D eigenvalue weighted by Crippen LogP contribution is -2.42. The summed E-state index contributed by atoms with van der Waals surface area (Å²) in [5.41, 5.74) is 2.20. The molecule has 2 aromatic rings. The smallest absolute Gasteiger partial charge is 0.151 e. The SMILES string of the molecule is CN(C)c1ccc(CN(CC(O)COc2ccccc2)C2CCS(=O)(=O)C2)cc1. The van der Waals surface area contributed by atoms with Gasteiger partial charge in [-0.3, -0.25) is 4.90 Å². The van der Waals surface area contributed by atoms with Gasteiger partial charge in [-0.15, -0.1) is 0 Å². The maximum absolute atomic E-state index is 12.0. The predicted octanol–water partition coefficient (Wildman–Crippen LogP) is 2.18. The van der Waals surface area contributed by atoms with Gasteiger partial charge in [-0.1, -0.05) is 30.3 Å². The molecule has 1 aliphatic heterocycles. The van der Waals surface area contributed by atoms with Crippen molar-refractivity contribution in [2.24, 2.45) is 0 Å². The second-order valence-corrected chi connectivity index (χ2v) is 10.1. The minimum atomic E-state index is -3.00. The van der Waals surface area contributed by atoms with E-state index in [0.717, 1.165) is 11.3 Å².